The van der Waals surface area contributed by atoms with Crippen LogP contribution in [0.2, 0.25) is 0 Å². The van der Waals surface area contributed by atoms with Gasteiger partial charge in [-0.3, -0.25) is 19.6 Å². The number of hydrogen-bond donors (Lipinski definition) is 3. The highest BCUT2D eigenvalue weighted by atomic mass is 16.5. The number of nitrogens with zero attached hydrogens (tertiary/aromatic N) is 2. The van der Waals surface area contributed by atoms with Gasteiger partial charge in [-0.1, -0.05) is 66.7 Å². The highest BCUT2D eigenvalue weighted by molar-refractivity contribution is 5.79. The van der Waals surface area contributed by atoms with Crippen LogP contribution in [0.3, 0.4) is 0 Å². The first kappa shape index (κ1) is 37.0. The van der Waals surface area contributed by atoms with Gasteiger partial charge in [0.05, 0.1) is 63.1 Å². The average molecular weight is 704 g/mol. The smallest absolute Gasteiger partial charge is 0.315 e. The van der Waals surface area contributed by atoms with Crippen LogP contribution in [0.25, 0.3) is 0 Å². The fraction of sp³-hybridized carbons (Fsp3) is 0.225. The van der Waals surface area contributed by atoms with Crippen molar-refractivity contribution in [3.05, 3.63) is 155 Å². The Bertz CT molecular complexity index is 1890. The van der Waals surface area contributed by atoms with Crippen molar-refractivity contribution < 1.29 is 33.3 Å². The molecule has 0 spiro atoms. The zero-order chi connectivity index (χ0) is 36.8. The molecule has 0 fully saturated rings. The van der Waals surface area contributed by atoms with Gasteiger partial charge in [-0.2, -0.15) is 0 Å². The van der Waals surface area contributed by atoms with Crippen LogP contribution < -0.4 is 25.8 Å². The Hall–Kier alpha value is -6.27. The van der Waals surface area contributed by atoms with Crippen molar-refractivity contribution in [2.24, 2.45) is 5.73 Å². The first-order valence-electron chi connectivity index (χ1n) is 16.6. The predicted molar refractivity (Wildman–Crippen MR) is 193 cm³/mol. The second kappa shape index (κ2) is 18.1. The van der Waals surface area contributed by atoms with E-state index in [9.17, 15) is 14.4 Å². The van der Waals surface area contributed by atoms with Crippen LogP contribution in [0, 0.1) is 0 Å². The van der Waals surface area contributed by atoms with Crippen molar-refractivity contribution >= 4 is 17.9 Å². The fourth-order valence-corrected chi connectivity index (χ4v) is 5.53. The lowest BCUT2D eigenvalue weighted by Gasteiger charge is -2.36. The average Bonchev–Trinajstić information content (AvgIpc) is 3.19. The zero-order valence-electron chi connectivity index (χ0n) is 29.0. The number of carbonyl (C=O) groups is 3. The van der Waals surface area contributed by atoms with Gasteiger partial charge < -0.3 is 35.3 Å². The lowest BCUT2D eigenvalue weighted by atomic mass is 9.80. The van der Waals surface area contributed by atoms with Crippen molar-refractivity contribution in [3.8, 4) is 11.5 Å². The molecular weight excluding hydrogens is 662 g/mol. The maximum atomic E-state index is 12.7. The molecule has 0 bridgehead atoms. The number of ether oxygens (including phenoxy) is 4. The summed E-state index contributed by atoms with van der Waals surface area (Å²) in [7, 11) is 3.27. The molecule has 0 unspecified atom stereocenters. The lowest BCUT2D eigenvalue weighted by Crippen LogP contribution is -2.35. The Morgan fingerprint density at radius 2 is 1.08 bits per heavy atom. The van der Waals surface area contributed by atoms with Gasteiger partial charge in [-0.15, -0.1) is 0 Å². The van der Waals surface area contributed by atoms with Gasteiger partial charge >= 0.3 is 12.0 Å². The summed E-state index contributed by atoms with van der Waals surface area (Å²) >= 11 is 0. The van der Waals surface area contributed by atoms with Gasteiger partial charge in [0.15, 0.2) is 0 Å². The molecule has 12 heteroatoms. The molecule has 0 aliphatic carbocycles. The quantitative estimate of drug-likeness (QED) is 0.0860. The Morgan fingerprint density at radius 1 is 0.596 bits per heavy atom. The Balaban J connectivity index is 1.25. The molecule has 3 aromatic carbocycles. The van der Waals surface area contributed by atoms with Crippen LogP contribution >= 0.6 is 0 Å². The van der Waals surface area contributed by atoms with Gasteiger partial charge in [-0.25, -0.2) is 4.79 Å². The van der Waals surface area contributed by atoms with Gasteiger partial charge in [0.2, 0.25) is 5.91 Å². The van der Waals surface area contributed by atoms with Gasteiger partial charge in [0.25, 0.3) is 0 Å². The molecule has 0 saturated heterocycles. The minimum atomic E-state index is -1.01. The van der Waals surface area contributed by atoms with Gasteiger partial charge in [0, 0.05) is 6.42 Å². The molecule has 5 rings (SSSR count). The molecule has 3 amide bonds. The molecule has 0 aliphatic rings. The number of urea groups is 1. The number of rotatable bonds is 17. The van der Waals surface area contributed by atoms with E-state index in [1.165, 1.54) is 0 Å². The Kier molecular flexibility index (Phi) is 12.9. The molecule has 0 saturated carbocycles. The van der Waals surface area contributed by atoms with E-state index in [-0.39, 0.29) is 39.1 Å². The van der Waals surface area contributed by atoms with Crippen molar-refractivity contribution in [1.29, 1.82) is 0 Å². The largest absolute Gasteiger partial charge is 0.497 e. The summed E-state index contributed by atoms with van der Waals surface area (Å²) in [5.74, 6) is 0.343. The van der Waals surface area contributed by atoms with Crippen molar-refractivity contribution in [3.63, 3.8) is 0 Å². The van der Waals surface area contributed by atoms with E-state index in [2.05, 4.69) is 15.6 Å². The highest BCUT2D eigenvalue weighted by Gasteiger charge is 2.38. The third kappa shape index (κ3) is 9.92. The van der Waals surface area contributed by atoms with Gasteiger partial charge in [-0.05, 0) is 65.2 Å². The number of methoxy groups -OCH3 is 2. The first-order chi connectivity index (χ1) is 25.3. The molecule has 2 aromatic heterocycles. The molecule has 268 valence electrons. The third-order valence-corrected chi connectivity index (χ3v) is 8.16. The zero-order valence-corrected chi connectivity index (χ0v) is 29.0. The Labute approximate surface area is 302 Å². The molecule has 0 radical (unpaired) electrons. The third-order valence-electron chi connectivity index (χ3n) is 8.16. The second-order valence-corrected chi connectivity index (χ2v) is 11.7. The predicted octanol–water partition coefficient (Wildman–Crippen LogP) is 5.31. The topological polar surface area (TPSA) is 164 Å². The maximum absolute atomic E-state index is 12.7. The number of benzene rings is 3. The van der Waals surface area contributed by atoms with E-state index < -0.39 is 23.5 Å². The highest BCUT2D eigenvalue weighted by Crippen LogP contribution is 2.42. The number of amides is 3. The molecule has 0 aliphatic heterocycles. The molecule has 0 atom stereocenters. The summed E-state index contributed by atoms with van der Waals surface area (Å²) in [4.78, 5) is 44.5. The number of nitrogens with two attached hydrogens (primary N) is 1. The van der Waals surface area contributed by atoms with E-state index >= 15 is 0 Å². The Morgan fingerprint density at radius 3 is 1.58 bits per heavy atom. The van der Waals surface area contributed by atoms with Crippen LogP contribution in [0.15, 0.2) is 115 Å². The summed E-state index contributed by atoms with van der Waals surface area (Å²) < 4.78 is 23.0. The summed E-state index contributed by atoms with van der Waals surface area (Å²) in [5, 5.41) is 5.62. The van der Waals surface area contributed by atoms with Crippen LogP contribution in [0.4, 0.5) is 4.79 Å². The van der Waals surface area contributed by atoms with Gasteiger partial charge in [0.1, 0.15) is 23.7 Å². The van der Waals surface area contributed by atoms with E-state index in [4.69, 9.17) is 29.7 Å². The van der Waals surface area contributed by atoms with Crippen LogP contribution in [0.1, 0.15) is 52.3 Å². The lowest BCUT2D eigenvalue weighted by molar-refractivity contribution is -0.146. The second-order valence-electron chi connectivity index (χ2n) is 11.7. The summed E-state index contributed by atoms with van der Waals surface area (Å²) in [6.07, 6.45) is -0.174. The number of hydrogen-bond acceptors (Lipinski definition) is 9. The minimum Gasteiger partial charge on any atom is -0.497 e. The summed E-state index contributed by atoms with van der Waals surface area (Å²) in [6.45, 7) is 0.426. The fourth-order valence-electron chi connectivity index (χ4n) is 5.53. The molecule has 2 heterocycles. The number of esters is 1. The van der Waals surface area contributed by atoms with E-state index in [0.717, 1.165) is 28.2 Å². The van der Waals surface area contributed by atoms with Crippen LogP contribution in [-0.4, -0.2) is 42.1 Å². The molecular formula is C40H41N5O7. The maximum Gasteiger partial charge on any atom is 0.315 e. The van der Waals surface area contributed by atoms with Crippen molar-refractivity contribution in [2.75, 3.05) is 14.2 Å². The van der Waals surface area contributed by atoms with E-state index in [0.29, 0.717) is 22.8 Å². The summed E-state index contributed by atoms with van der Waals surface area (Å²) in [5.41, 5.74) is 9.21. The number of aromatic nitrogens is 2. The number of carbonyl (C=O) groups excluding carboxylic acids is 3. The standard InChI is InChI=1S/C40H41N5O7/c1-49-35-18-14-29(15-19-35)40(28-8-4-3-5-9-28,30-16-20-36(50-2)21-17-30)52-27-34-13-7-11-32(45-34)25-43-39(48)42-24-31-10-6-12-33(44-31)26-51-38(47)23-22-37(41)46/h3-21H,22-27H2,1-2H3,(H2,41,46)(H2,42,43,48). The van der Waals surface area contributed by atoms with Crippen LogP contribution in [0.5, 0.6) is 11.5 Å². The normalized spacial score (nSPS) is 11.0. The monoisotopic (exact) mass is 703 g/mol. The van der Waals surface area contributed by atoms with Crippen molar-refractivity contribution in [1.82, 2.24) is 20.6 Å². The SMILES string of the molecule is COc1ccc(C(OCc2cccc(CNC(=O)NCc3cccc(COC(=O)CCC(N)=O)n3)n2)(c2ccccc2)c2ccc(OC)cc2)cc1. The number of pyridine rings is 2. The first-order valence-corrected chi connectivity index (χ1v) is 16.6. The van der Waals surface area contributed by atoms with Crippen molar-refractivity contribution in [2.45, 2.75) is 44.7 Å². The molecule has 4 N–H and O–H groups in total. The minimum absolute atomic E-state index is 0.0595. The number of primary amides is 1. The van der Waals surface area contributed by atoms with Crippen LogP contribution in [-0.2, 0) is 51.0 Å². The molecule has 12 nitrogen and oxygen atoms in total. The molecule has 5 aromatic rings. The van der Waals surface area contributed by atoms with E-state index in [1.807, 2.05) is 97.1 Å². The number of nitrogens with one attached hydrogen (secondary N) is 2. The van der Waals surface area contributed by atoms with E-state index in [1.54, 1.807) is 32.4 Å². The molecule has 52 heavy (non-hydrogen) atoms. The summed E-state index contributed by atoms with van der Waals surface area (Å²) in [6, 6.07) is 36.0.